The molecule has 0 saturated heterocycles. The molecule has 1 fully saturated rings. The van der Waals surface area contributed by atoms with Gasteiger partial charge in [0.05, 0.1) is 5.54 Å². The van der Waals surface area contributed by atoms with Crippen LogP contribution < -0.4 is 10.5 Å². The van der Waals surface area contributed by atoms with Gasteiger partial charge in [-0.15, -0.1) is 12.4 Å². The van der Waals surface area contributed by atoms with E-state index in [0.29, 0.717) is 12.5 Å². The van der Waals surface area contributed by atoms with Crippen LogP contribution in [0.5, 0.6) is 5.75 Å². The summed E-state index contributed by atoms with van der Waals surface area (Å²) in [6, 6.07) is 8.28. The predicted molar refractivity (Wildman–Crippen MR) is 69.4 cm³/mol. The Balaban J connectivity index is 0.00000128. The minimum atomic E-state index is -0.0339. The summed E-state index contributed by atoms with van der Waals surface area (Å²) in [6.45, 7) is 5.02. The predicted octanol–water partition coefficient (Wildman–Crippen LogP) is 3.10. The molecule has 16 heavy (non-hydrogen) atoms. The van der Waals surface area contributed by atoms with E-state index in [1.165, 1.54) is 5.56 Å². The minimum Gasteiger partial charge on any atom is -0.492 e. The Kier molecular flexibility index (Phi) is 4.22. The van der Waals surface area contributed by atoms with Gasteiger partial charge in [0.25, 0.3) is 0 Å². The Bertz CT molecular complexity index is 348. The molecule has 1 aliphatic rings. The molecule has 1 saturated carbocycles. The van der Waals surface area contributed by atoms with Crippen molar-refractivity contribution in [3.05, 3.63) is 29.8 Å². The molecule has 0 aliphatic heterocycles. The molecule has 3 heteroatoms. The zero-order valence-electron chi connectivity index (χ0n) is 9.90. The van der Waals surface area contributed by atoms with Crippen LogP contribution in [-0.2, 0) is 0 Å². The van der Waals surface area contributed by atoms with E-state index in [9.17, 15) is 0 Å². The van der Waals surface area contributed by atoms with E-state index in [4.69, 9.17) is 10.5 Å². The normalized spacial score (nSPS) is 16.8. The van der Waals surface area contributed by atoms with Gasteiger partial charge in [-0.05, 0) is 36.5 Å². The van der Waals surface area contributed by atoms with Gasteiger partial charge in [-0.3, -0.25) is 0 Å². The molecule has 0 amide bonds. The summed E-state index contributed by atoms with van der Waals surface area (Å²) >= 11 is 0. The summed E-state index contributed by atoms with van der Waals surface area (Å²) in [5.74, 6) is 1.49. The molecule has 0 bridgehead atoms. The first-order valence-corrected chi connectivity index (χ1v) is 5.61. The van der Waals surface area contributed by atoms with E-state index in [1.807, 2.05) is 12.1 Å². The first kappa shape index (κ1) is 13.3. The molecule has 1 aromatic carbocycles. The zero-order valence-corrected chi connectivity index (χ0v) is 10.7. The highest BCUT2D eigenvalue weighted by atomic mass is 35.5. The van der Waals surface area contributed by atoms with E-state index in [1.54, 1.807) is 0 Å². The van der Waals surface area contributed by atoms with Crippen molar-refractivity contribution in [3.63, 3.8) is 0 Å². The van der Waals surface area contributed by atoms with E-state index >= 15 is 0 Å². The fourth-order valence-electron chi connectivity index (χ4n) is 1.50. The number of benzene rings is 1. The van der Waals surface area contributed by atoms with Crippen LogP contribution in [0.4, 0.5) is 0 Å². The number of ether oxygens (including phenoxy) is 1. The Morgan fingerprint density at radius 1 is 1.38 bits per heavy atom. The Morgan fingerprint density at radius 3 is 2.62 bits per heavy atom. The molecular weight excluding hydrogens is 222 g/mol. The third-order valence-electron chi connectivity index (χ3n) is 2.94. The quantitative estimate of drug-likeness (QED) is 0.879. The summed E-state index contributed by atoms with van der Waals surface area (Å²) in [5, 5.41) is 0. The largest absolute Gasteiger partial charge is 0.492 e. The average Bonchev–Trinajstić information content (AvgIpc) is 2.95. The SMILES string of the molecule is CC(C)c1cccc(OCC2(N)CC2)c1.Cl. The number of hydrogen-bond acceptors (Lipinski definition) is 2. The van der Waals surface area contributed by atoms with E-state index in [2.05, 4.69) is 26.0 Å². The summed E-state index contributed by atoms with van der Waals surface area (Å²) in [6.07, 6.45) is 2.19. The van der Waals surface area contributed by atoms with Gasteiger partial charge in [-0.1, -0.05) is 26.0 Å². The fourth-order valence-corrected chi connectivity index (χ4v) is 1.50. The maximum absolute atomic E-state index is 5.97. The van der Waals surface area contributed by atoms with Crippen LogP contribution in [0, 0.1) is 0 Å². The van der Waals surface area contributed by atoms with Crippen molar-refractivity contribution < 1.29 is 4.74 Å². The van der Waals surface area contributed by atoms with Gasteiger partial charge in [0.1, 0.15) is 12.4 Å². The third kappa shape index (κ3) is 3.39. The molecule has 2 N–H and O–H groups in total. The van der Waals surface area contributed by atoms with Crippen molar-refractivity contribution in [2.45, 2.75) is 38.1 Å². The minimum absolute atomic E-state index is 0. The molecule has 1 aliphatic carbocycles. The van der Waals surface area contributed by atoms with Crippen molar-refractivity contribution in [2.24, 2.45) is 5.73 Å². The summed E-state index contributed by atoms with van der Waals surface area (Å²) in [5.41, 5.74) is 7.25. The lowest BCUT2D eigenvalue weighted by Gasteiger charge is -2.13. The highest BCUT2D eigenvalue weighted by Gasteiger charge is 2.39. The molecule has 0 atom stereocenters. The molecule has 0 heterocycles. The molecular formula is C13H20ClNO. The Labute approximate surface area is 104 Å². The second kappa shape index (κ2) is 5.07. The van der Waals surface area contributed by atoms with E-state index < -0.39 is 0 Å². The number of halogens is 1. The summed E-state index contributed by atoms with van der Waals surface area (Å²) < 4.78 is 5.70. The molecule has 0 aromatic heterocycles. The molecule has 0 spiro atoms. The summed E-state index contributed by atoms with van der Waals surface area (Å²) in [7, 11) is 0. The topological polar surface area (TPSA) is 35.2 Å². The van der Waals surface area contributed by atoms with Gasteiger partial charge in [-0.25, -0.2) is 0 Å². The average molecular weight is 242 g/mol. The second-order valence-corrected chi connectivity index (χ2v) is 4.88. The number of rotatable bonds is 4. The van der Waals surface area contributed by atoms with E-state index in [-0.39, 0.29) is 17.9 Å². The summed E-state index contributed by atoms with van der Waals surface area (Å²) in [4.78, 5) is 0. The molecule has 2 rings (SSSR count). The van der Waals surface area contributed by atoms with Crippen LogP contribution in [0.1, 0.15) is 38.2 Å². The molecule has 2 nitrogen and oxygen atoms in total. The van der Waals surface area contributed by atoms with Gasteiger partial charge >= 0.3 is 0 Å². The van der Waals surface area contributed by atoms with Crippen molar-refractivity contribution in [3.8, 4) is 5.75 Å². The highest BCUT2D eigenvalue weighted by Crippen LogP contribution is 2.32. The van der Waals surface area contributed by atoms with Gasteiger partial charge in [0, 0.05) is 0 Å². The lowest BCUT2D eigenvalue weighted by atomic mass is 10.0. The molecule has 90 valence electrons. The first-order valence-electron chi connectivity index (χ1n) is 5.61. The van der Waals surface area contributed by atoms with E-state index in [0.717, 1.165) is 18.6 Å². The lowest BCUT2D eigenvalue weighted by Crippen LogP contribution is -2.29. The first-order chi connectivity index (χ1) is 7.09. The van der Waals surface area contributed by atoms with Gasteiger partial charge < -0.3 is 10.5 Å². The van der Waals surface area contributed by atoms with Gasteiger partial charge in [0.2, 0.25) is 0 Å². The number of hydrogen-bond donors (Lipinski definition) is 1. The van der Waals surface area contributed by atoms with Crippen molar-refractivity contribution in [1.82, 2.24) is 0 Å². The van der Waals surface area contributed by atoms with Gasteiger partial charge in [0.15, 0.2) is 0 Å². The zero-order chi connectivity index (χ0) is 10.9. The Morgan fingerprint density at radius 2 is 2.06 bits per heavy atom. The van der Waals surface area contributed by atoms with Crippen LogP contribution in [-0.4, -0.2) is 12.1 Å². The van der Waals surface area contributed by atoms with Crippen molar-refractivity contribution >= 4 is 12.4 Å². The standard InChI is InChI=1S/C13H19NO.ClH/c1-10(2)11-4-3-5-12(8-11)15-9-13(14)6-7-13;/h3-5,8,10H,6-7,9,14H2,1-2H3;1H. The smallest absolute Gasteiger partial charge is 0.119 e. The molecule has 0 radical (unpaired) electrons. The fraction of sp³-hybridized carbons (Fsp3) is 0.538. The lowest BCUT2D eigenvalue weighted by molar-refractivity contribution is 0.279. The molecule has 0 unspecified atom stereocenters. The third-order valence-corrected chi connectivity index (χ3v) is 2.94. The molecule has 1 aromatic rings. The van der Waals surface area contributed by atoms with Crippen LogP contribution in [0.15, 0.2) is 24.3 Å². The Hall–Kier alpha value is -0.730. The van der Waals surface area contributed by atoms with Crippen LogP contribution in [0.2, 0.25) is 0 Å². The highest BCUT2D eigenvalue weighted by molar-refractivity contribution is 5.85. The maximum Gasteiger partial charge on any atom is 0.119 e. The maximum atomic E-state index is 5.97. The van der Waals surface area contributed by atoms with Crippen molar-refractivity contribution in [1.29, 1.82) is 0 Å². The monoisotopic (exact) mass is 241 g/mol. The van der Waals surface area contributed by atoms with Crippen LogP contribution >= 0.6 is 12.4 Å². The second-order valence-electron chi connectivity index (χ2n) is 4.88. The van der Waals surface area contributed by atoms with Gasteiger partial charge in [-0.2, -0.15) is 0 Å². The van der Waals surface area contributed by atoms with Crippen LogP contribution in [0.25, 0.3) is 0 Å². The van der Waals surface area contributed by atoms with Crippen LogP contribution in [0.3, 0.4) is 0 Å². The van der Waals surface area contributed by atoms with Crippen molar-refractivity contribution in [2.75, 3.05) is 6.61 Å². The number of nitrogens with two attached hydrogens (primary N) is 1.